The molecule has 1 aliphatic heterocycles. The quantitative estimate of drug-likeness (QED) is 0.848. The fourth-order valence-electron chi connectivity index (χ4n) is 3.66. The van der Waals surface area contributed by atoms with E-state index in [1.54, 1.807) is 11.8 Å². The van der Waals surface area contributed by atoms with Crippen molar-refractivity contribution in [2.24, 2.45) is 16.7 Å². The lowest BCUT2D eigenvalue weighted by Gasteiger charge is -2.40. The van der Waals surface area contributed by atoms with Crippen LogP contribution >= 0.6 is 0 Å². The number of hydrogen-bond donors (Lipinski definition) is 1. The molecule has 20 heavy (non-hydrogen) atoms. The number of piperidine rings is 1. The molecule has 0 radical (unpaired) electrons. The summed E-state index contributed by atoms with van der Waals surface area (Å²) in [6.45, 7) is 6.18. The number of carbonyl (C=O) groups is 2. The van der Waals surface area contributed by atoms with Gasteiger partial charge >= 0.3 is 5.97 Å². The van der Waals surface area contributed by atoms with Gasteiger partial charge < -0.3 is 10.0 Å². The van der Waals surface area contributed by atoms with Crippen LogP contribution in [0, 0.1) is 16.7 Å². The van der Waals surface area contributed by atoms with Crippen molar-refractivity contribution in [3.05, 3.63) is 0 Å². The fourth-order valence-corrected chi connectivity index (χ4v) is 3.66. The standard InChI is InChI=1S/C15H24FNO3/c1-14(2)11(6-7-15(14,3)13(19)20)12(18)17-8-4-5-10(16)9-17/h10-11H,4-9H2,1-3H3,(H,19,20)/t10?,11-,15+/m1/s1. The number of carboxylic acid groups (broad SMARTS) is 1. The predicted molar refractivity (Wildman–Crippen MR) is 73.0 cm³/mol. The minimum atomic E-state index is -0.942. The van der Waals surface area contributed by atoms with Crippen molar-refractivity contribution in [1.29, 1.82) is 0 Å². The summed E-state index contributed by atoms with van der Waals surface area (Å²) in [5.41, 5.74) is -1.50. The van der Waals surface area contributed by atoms with E-state index in [4.69, 9.17) is 0 Å². The molecule has 114 valence electrons. The third kappa shape index (κ3) is 2.21. The Morgan fingerprint density at radius 1 is 1.25 bits per heavy atom. The number of amides is 1. The lowest BCUT2D eigenvalue weighted by atomic mass is 9.65. The van der Waals surface area contributed by atoms with E-state index in [0.717, 1.165) is 0 Å². The summed E-state index contributed by atoms with van der Waals surface area (Å²) in [5, 5.41) is 9.48. The average molecular weight is 285 g/mol. The Labute approximate surface area is 119 Å². The van der Waals surface area contributed by atoms with Gasteiger partial charge in [0.1, 0.15) is 6.17 Å². The monoisotopic (exact) mass is 285 g/mol. The topological polar surface area (TPSA) is 57.6 Å². The summed E-state index contributed by atoms with van der Waals surface area (Å²) in [6.07, 6.45) is 1.34. The highest BCUT2D eigenvalue weighted by Gasteiger charge is 2.58. The molecule has 1 saturated heterocycles. The van der Waals surface area contributed by atoms with E-state index in [1.165, 1.54) is 0 Å². The van der Waals surface area contributed by atoms with Gasteiger partial charge in [0.05, 0.1) is 12.0 Å². The summed E-state index contributed by atoms with van der Waals surface area (Å²) < 4.78 is 13.5. The van der Waals surface area contributed by atoms with Gasteiger partial charge in [-0.05, 0) is 38.0 Å². The molecule has 1 saturated carbocycles. The SMILES string of the molecule is CC1(C)[C@@H](C(=O)N2CCCC(F)C2)CC[C@@]1(C)C(=O)O. The highest BCUT2D eigenvalue weighted by molar-refractivity contribution is 5.84. The molecule has 2 fully saturated rings. The number of hydrogen-bond acceptors (Lipinski definition) is 2. The number of rotatable bonds is 2. The van der Waals surface area contributed by atoms with E-state index in [9.17, 15) is 19.1 Å². The zero-order valence-corrected chi connectivity index (χ0v) is 12.5. The maximum absolute atomic E-state index is 13.5. The number of aliphatic carboxylic acids is 1. The minimum absolute atomic E-state index is 0.0673. The zero-order chi connectivity index (χ0) is 15.1. The summed E-state index contributed by atoms with van der Waals surface area (Å²) in [5.74, 6) is -1.24. The van der Waals surface area contributed by atoms with E-state index in [-0.39, 0.29) is 18.4 Å². The van der Waals surface area contributed by atoms with Crippen LogP contribution in [0.4, 0.5) is 4.39 Å². The van der Waals surface area contributed by atoms with E-state index in [0.29, 0.717) is 32.2 Å². The minimum Gasteiger partial charge on any atom is -0.481 e. The predicted octanol–water partition coefficient (Wildman–Crippen LogP) is 2.47. The van der Waals surface area contributed by atoms with Gasteiger partial charge in [-0.2, -0.15) is 0 Å². The average Bonchev–Trinajstić information content (AvgIpc) is 2.61. The van der Waals surface area contributed by atoms with Crippen LogP contribution in [0.15, 0.2) is 0 Å². The van der Waals surface area contributed by atoms with Crippen molar-refractivity contribution in [1.82, 2.24) is 4.90 Å². The first-order valence-electron chi connectivity index (χ1n) is 7.36. The molecule has 1 N–H and O–H groups in total. The Morgan fingerprint density at radius 3 is 2.40 bits per heavy atom. The van der Waals surface area contributed by atoms with Crippen molar-refractivity contribution in [3.63, 3.8) is 0 Å². The lowest BCUT2D eigenvalue weighted by molar-refractivity contribution is -0.156. The molecule has 2 rings (SSSR count). The van der Waals surface area contributed by atoms with Gasteiger partial charge in [-0.1, -0.05) is 13.8 Å². The van der Waals surface area contributed by atoms with Crippen LogP contribution < -0.4 is 0 Å². The molecule has 1 heterocycles. The Balaban J connectivity index is 2.17. The number of carbonyl (C=O) groups excluding carboxylic acids is 1. The van der Waals surface area contributed by atoms with Gasteiger partial charge in [-0.3, -0.25) is 9.59 Å². The van der Waals surface area contributed by atoms with Gasteiger partial charge in [0, 0.05) is 12.5 Å². The fraction of sp³-hybridized carbons (Fsp3) is 0.867. The molecule has 5 heteroatoms. The number of halogens is 1. The maximum Gasteiger partial charge on any atom is 0.309 e. The smallest absolute Gasteiger partial charge is 0.309 e. The third-order valence-electron chi connectivity index (χ3n) is 5.67. The molecule has 1 unspecified atom stereocenters. The Kier molecular flexibility index (Phi) is 3.82. The maximum atomic E-state index is 13.5. The van der Waals surface area contributed by atoms with Gasteiger partial charge in [0.25, 0.3) is 0 Å². The van der Waals surface area contributed by atoms with E-state index < -0.39 is 23.0 Å². The van der Waals surface area contributed by atoms with Crippen molar-refractivity contribution in [2.75, 3.05) is 13.1 Å². The summed E-state index contributed by atoms with van der Waals surface area (Å²) >= 11 is 0. The van der Waals surface area contributed by atoms with Crippen molar-refractivity contribution in [3.8, 4) is 0 Å². The van der Waals surface area contributed by atoms with Gasteiger partial charge in [0.15, 0.2) is 0 Å². The Morgan fingerprint density at radius 2 is 1.90 bits per heavy atom. The first-order chi connectivity index (χ1) is 9.20. The van der Waals surface area contributed by atoms with Crippen LogP contribution in [-0.4, -0.2) is 41.1 Å². The Hall–Kier alpha value is -1.13. The van der Waals surface area contributed by atoms with Crippen LogP contribution in [-0.2, 0) is 9.59 Å². The normalized spacial score (nSPS) is 36.9. The van der Waals surface area contributed by atoms with E-state index in [2.05, 4.69) is 0 Å². The first kappa shape index (κ1) is 15.3. The number of likely N-dealkylation sites (tertiary alicyclic amines) is 1. The number of alkyl halides is 1. The summed E-state index contributed by atoms with van der Waals surface area (Å²) in [7, 11) is 0. The largest absolute Gasteiger partial charge is 0.481 e. The zero-order valence-electron chi connectivity index (χ0n) is 12.5. The van der Waals surface area contributed by atoms with E-state index >= 15 is 0 Å². The van der Waals surface area contributed by atoms with Crippen molar-refractivity contribution >= 4 is 11.9 Å². The molecule has 1 aliphatic carbocycles. The summed E-state index contributed by atoms with van der Waals surface area (Å²) in [4.78, 5) is 25.8. The number of carboxylic acids is 1. The molecule has 4 nitrogen and oxygen atoms in total. The van der Waals surface area contributed by atoms with Gasteiger partial charge in [-0.15, -0.1) is 0 Å². The molecular formula is C15H24FNO3. The molecule has 0 spiro atoms. The molecule has 0 aromatic rings. The van der Waals surface area contributed by atoms with Gasteiger partial charge in [-0.25, -0.2) is 4.39 Å². The third-order valence-corrected chi connectivity index (χ3v) is 5.67. The van der Waals surface area contributed by atoms with Crippen molar-refractivity contribution in [2.45, 2.75) is 52.6 Å². The molecule has 0 bridgehead atoms. The van der Waals surface area contributed by atoms with Gasteiger partial charge in [0.2, 0.25) is 5.91 Å². The Bertz CT molecular complexity index is 423. The molecule has 3 atom stereocenters. The number of nitrogens with zero attached hydrogens (tertiary/aromatic N) is 1. The molecular weight excluding hydrogens is 261 g/mol. The molecule has 1 amide bonds. The highest BCUT2D eigenvalue weighted by Crippen LogP contribution is 2.56. The second-order valence-electron chi connectivity index (χ2n) is 6.97. The van der Waals surface area contributed by atoms with Crippen LogP contribution in [0.25, 0.3) is 0 Å². The molecule has 2 aliphatic rings. The molecule has 0 aromatic carbocycles. The lowest BCUT2D eigenvalue weighted by Crippen LogP contribution is -2.49. The molecule has 0 aromatic heterocycles. The van der Waals surface area contributed by atoms with Crippen molar-refractivity contribution < 1.29 is 19.1 Å². The highest BCUT2D eigenvalue weighted by atomic mass is 19.1. The van der Waals surface area contributed by atoms with Crippen LogP contribution in [0.5, 0.6) is 0 Å². The second-order valence-corrected chi connectivity index (χ2v) is 6.97. The second kappa shape index (κ2) is 5.01. The van der Waals surface area contributed by atoms with Crippen LogP contribution in [0.3, 0.4) is 0 Å². The summed E-state index contributed by atoms with van der Waals surface area (Å²) in [6, 6.07) is 0. The first-order valence-corrected chi connectivity index (χ1v) is 7.36. The van der Waals surface area contributed by atoms with Crippen LogP contribution in [0.1, 0.15) is 46.5 Å². The van der Waals surface area contributed by atoms with Crippen LogP contribution in [0.2, 0.25) is 0 Å². The van der Waals surface area contributed by atoms with E-state index in [1.807, 2.05) is 13.8 Å².